The Labute approximate surface area is 83.9 Å². The molecule has 0 aliphatic rings. The SMILES string of the molecule is CCCOC(=O)/C=C/C(=O)OCCC. The zero-order chi connectivity index (χ0) is 10.8. The van der Waals surface area contributed by atoms with Gasteiger partial charge in [0.2, 0.25) is 0 Å². The number of hydrogen-bond acceptors (Lipinski definition) is 4. The summed E-state index contributed by atoms with van der Waals surface area (Å²) >= 11 is 0. The topological polar surface area (TPSA) is 52.6 Å². The van der Waals surface area contributed by atoms with Crippen molar-refractivity contribution in [2.75, 3.05) is 13.2 Å². The third-order valence-corrected chi connectivity index (χ3v) is 1.25. The summed E-state index contributed by atoms with van der Waals surface area (Å²) in [4.78, 5) is 21.7. The highest BCUT2D eigenvalue weighted by molar-refractivity contribution is 5.91. The van der Waals surface area contributed by atoms with Crippen molar-refractivity contribution < 1.29 is 19.1 Å². The van der Waals surface area contributed by atoms with E-state index in [1.807, 2.05) is 13.8 Å². The number of ether oxygens (including phenoxy) is 2. The fourth-order valence-corrected chi connectivity index (χ4v) is 0.638. The summed E-state index contributed by atoms with van der Waals surface area (Å²) < 4.78 is 9.43. The van der Waals surface area contributed by atoms with Gasteiger partial charge in [0.1, 0.15) is 0 Å². The monoisotopic (exact) mass is 200 g/mol. The van der Waals surface area contributed by atoms with Crippen LogP contribution in [-0.4, -0.2) is 25.2 Å². The first-order valence-corrected chi connectivity index (χ1v) is 4.72. The summed E-state index contributed by atoms with van der Waals surface area (Å²) in [6.07, 6.45) is 3.68. The Balaban J connectivity index is 3.68. The van der Waals surface area contributed by atoms with E-state index in [9.17, 15) is 9.59 Å². The Morgan fingerprint density at radius 3 is 1.57 bits per heavy atom. The molecule has 14 heavy (non-hydrogen) atoms. The Kier molecular flexibility index (Phi) is 7.50. The summed E-state index contributed by atoms with van der Waals surface area (Å²) in [6, 6.07) is 0. The van der Waals surface area contributed by atoms with Crippen LogP contribution in [0.5, 0.6) is 0 Å². The fourth-order valence-electron chi connectivity index (χ4n) is 0.638. The summed E-state index contributed by atoms with van der Waals surface area (Å²) in [7, 11) is 0. The van der Waals surface area contributed by atoms with Gasteiger partial charge in [0.05, 0.1) is 13.2 Å². The van der Waals surface area contributed by atoms with Gasteiger partial charge in [-0.15, -0.1) is 0 Å². The number of carbonyl (C=O) groups excluding carboxylic acids is 2. The molecule has 0 radical (unpaired) electrons. The van der Waals surface area contributed by atoms with Gasteiger partial charge in [0.15, 0.2) is 0 Å². The molecule has 0 aliphatic carbocycles. The lowest BCUT2D eigenvalue weighted by molar-refractivity contribution is -0.140. The number of rotatable bonds is 6. The minimum Gasteiger partial charge on any atom is -0.463 e. The van der Waals surface area contributed by atoms with Gasteiger partial charge >= 0.3 is 11.9 Å². The lowest BCUT2D eigenvalue weighted by atomic mass is 10.5. The summed E-state index contributed by atoms with van der Waals surface area (Å²) in [5.74, 6) is -1.03. The molecule has 4 heteroatoms. The van der Waals surface area contributed by atoms with Gasteiger partial charge in [-0.3, -0.25) is 0 Å². The Bertz CT molecular complexity index is 186. The van der Waals surface area contributed by atoms with E-state index in [1.54, 1.807) is 0 Å². The average molecular weight is 200 g/mol. The predicted octanol–water partition coefficient (Wildman–Crippen LogP) is 1.45. The Morgan fingerprint density at radius 2 is 1.29 bits per heavy atom. The van der Waals surface area contributed by atoms with Crippen LogP contribution >= 0.6 is 0 Å². The van der Waals surface area contributed by atoms with Gasteiger partial charge in [-0.1, -0.05) is 13.8 Å². The van der Waals surface area contributed by atoms with Crippen molar-refractivity contribution in [2.45, 2.75) is 26.7 Å². The average Bonchev–Trinajstić information content (AvgIpc) is 2.20. The molecule has 0 aliphatic heterocycles. The van der Waals surface area contributed by atoms with Crippen LogP contribution in [0.2, 0.25) is 0 Å². The lowest BCUT2D eigenvalue weighted by Gasteiger charge is -1.98. The maximum Gasteiger partial charge on any atom is 0.331 e. The smallest absolute Gasteiger partial charge is 0.331 e. The highest BCUT2D eigenvalue weighted by atomic mass is 16.5. The van der Waals surface area contributed by atoms with Crippen LogP contribution in [0.1, 0.15) is 26.7 Å². The molecule has 0 atom stereocenters. The summed E-state index contributed by atoms with van der Waals surface area (Å²) in [5.41, 5.74) is 0. The zero-order valence-corrected chi connectivity index (χ0v) is 8.62. The molecule has 0 unspecified atom stereocenters. The fraction of sp³-hybridized carbons (Fsp3) is 0.600. The van der Waals surface area contributed by atoms with E-state index in [0.29, 0.717) is 13.2 Å². The first-order valence-electron chi connectivity index (χ1n) is 4.72. The second kappa shape index (κ2) is 8.29. The van der Waals surface area contributed by atoms with Crippen molar-refractivity contribution in [3.63, 3.8) is 0 Å². The van der Waals surface area contributed by atoms with Gasteiger partial charge in [-0.25, -0.2) is 9.59 Å². The van der Waals surface area contributed by atoms with Gasteiger partial charge < -0.3 is 9.47 Å². The Hall–Kier alpha value is -1.32. The number of esters is 2. The van der Waals surface area contributed by atoms with Crippen LogP contribution in [0.3, 0.4) is 0 Å². The molecule has 0 aromatic heterocycles. The van der Waals surface area contributed by atoms with Crippen molar-refractivity contribution in [1.82, 2.24) is 0 Å². The number of carbonyl (C=O) groups is 2. The second-order valence-corrected chi connectivity index (χ2v) is 2.67. The predicted molar refractivity (Wildman–Crippen MR) is 51.6 cm³/mol. The van der Waals surface area contributed by atoms with Gasteiger partial charge in [-0.05, 0) is 12.8 Å². The molecule has 0 aromatic rings. The van der Waals surface area contributed by atoms with Crippen molar-refractivity contribution >= 4 is 11.9 Å². The molecular formula is C10H16O4. The summed E-state index contributed by atoms with van der Waals surface area (Å²) in [5, 5.41) is 0. The molecular weight excluding hydrogens is 184 g/mol. The van der Waals surface area contributed by atoms with E-state index < -0.39 is 11.9 Å². The molecule has 0 rings (SSSR count). The molecule has 0 N–H and O–H groups in total. The van der Waals surface area contributed by atoms with E-state index in [-0.39, 0.29) is 0 Å². The maximum atomic E-state index is 10.9. The first-order chi connectivity index (χ1) is 6.70. The Morgan fingerprint density at radius 1 is 0.929 bits per heavy atom. The van der Waals surface area contributed by atoms with E-state index >= 15 is 0 Å². The summed E-state index contributed by atoms with van der Waals surface area (Å²) in [6.45, 7) is 4.53. The molecule has 0 saturated carbocycles. The van der Waals surface area contributed by atoms with Crippen LogP contribution in [0.15, 0.2) is 12.2 Å². The quantitative estimate of drug-likeness (QED) is 0.481. The van der Waals surface area contributed by atoms with Gasteiger partial charge in [-0.2, -0.15) is 0 Å². The van der Waals surface area contributed by atoms with Crippen molar-refractivity contribution in [2.24, 2.45) is 0 Å². The third kappa shape index (κ3) is 7.34. The van der Waals surface area contributed by atoms with Crippen molar-refractivity contribution in [3.8, 4) is 0 Å². The number of hydrogen-bond donors (Lipinski definition) is 0. The van der Waals surface area contributed by atoms with Crippen molar-refractivity contribution in [3.05, 3.63) is 12.2 Å². The van der Waals surface area contributed by atoms with E-state index in [1.165, 1.54) is 0 Å². The van der Waals surface area contributed by atoms with Crippen LogP contribution in [0.4, 0.5) is 0 Å². The molecule has 0 aromatic carbocycles. The molecule has 0 spiro atoms. The molecule has 0 saturated heterocycles. The van der Waals surface area contributed by atoms with Crippen molar-refractivity contribution in [1.29, 1.82) is 0 Å². The third-order valence-electron chi connectivity index (χ3n) is 1.25. The lowest BCUT2D eigenvalue weighted by Crippen LogP contribution is -2.05. The van der Waals surface area contributed by atoms with Crippen LogP contribution in [0, 0.1) is 0 Å². The largest absolute Gasteiger partial charge is 0.463 e. The molecule has 0 amide bonds. The zero-order valence-electron chi connectivity index (χ0n) is 8.62. The molecule has 80 valence electrons. The van der Waals surface area contributed by atoms with Crippen LogP contribution < -0.4 is 0 Å². The van der Waals surface area contributed by atoms with E-state index in [0.717, 1.165) is 25.0 Å². The maximum absolute atomic E-state index is 10.9. The standard InChI is InChI=1S/C10H16O4/c1-3-7-13-9(11)5-6-10(12)14-8-4-2/h5-6H,3-4,7-8H2,1-2H3/b6-5+. The van der Waals surface area contributed by atoms with E-state index in [4.69, 9.17) is 9.47 Å². The highest BCUT2D eigenvalue weighted by Crippen LogP contribution is 1.88. The minimum atomic E-state index is -0.514. The minimum absolute atomic E-state index is 0.368. The van der Waals surface area contributed by atoms with Gasteiger partial charge in [0.25, 0.3) is 0 Å². The van der Waals surface area contributed by atoms with E-state index in [2.05, 4.69) is 0 Å². The molecule has 4 nitrogen and oxygen atoms in total. The highest BCUT2D eigenvalue weighted by Gasteiger charge is 1.99. The normalized spacial score (nSPS) is 10.1. The van der Waals surface area contributed by atoms with Crippen LogP contribution in [0.25, 0.3) is 0 Å². The van der Waals surface area contributed by atoms with Crippen LogP contribution in [-0.2, 0) is 19.1 Å². The first kappa shape index (κ1) is 12.7. The van der Waals surface area contributed by atoms with Gasteiger partial charge in [0, 0.05) is 12.2 Å². The molecule has 0 bridgehead atoms. The second-order valence-electron chi connectivity index (χ2n) is 2.67. The molecule has 0 heterocycles. The molecule has 0 fully saturated rings.